The van der Waals surface area contributed by atoms with Crippen LogP contribution in [0.4, 0.5) is 0 Å². The van der Waals surface area contributed by atoms with Crippen molar-refractivity contribution in [1.82, 2.24) is 9.88 Å². The Morgan fingerprint density at radius 3 is 2.80 bits per heavy atom. The number of likely N-dealkylation sites (N-methyl/N-ethyl adjacent to an activating group) is 1. The zero-order valence-corrected chi connectivity index (χ0v) is 9.60. The number of hydrogen-bond acceptors (Lipinski definition) is 3. The van der Waals surface area contributed by atoms with Gasteiger partial charge in [-0.25, -0.2) is 0 Å². The number of rotatable bonds is 5. The number of aromatic nitrogens is 1. The summed E-state index contributed by atoms with van der Waals surface area (Å²) in [7, 11) is 1.95. The molecule has 0 bridgehead atoms. The van der Waals surface area contributed by atoms with Crippen molar-refractivity contribution in [3.63, 3.8) is 0 Å². The van der Waals surface area contributed by atoms with Crippen LogP contribution >= 0.6 is 0 Å². The second kappa shape index (κ2) is 5.61. The lowest BCUT2D eigenvalue weighted by molar-refractivity contribution is -0.123. The summed E-state index contributed by atoms with van der Waals surface area (Å²) in [6.45, 7) is 4.55. The molecule has 15 heavy (non-hydrogen) atoms. The van der Waals surface area contributed by atoms with Gasteiger partial charge in [0.15, 0.2) is 0 Å². The lowest BCUT2D eigenvalue weighted by Gasteiger charge is -2.22. The Morgan fingerprint density at radius 1 is 1.53 bits per heavy atom. The number of carbonyl (C=O) groups excluding carboxylic acids is 1. The average Bonchev–Trinajstić information content (AvgIpc) is 2.28. The number of pyridine rings is 1. The predicted molar refractivity (Wildman–Crippen MR) is 60.5 cm³/mol. The van der Waals surface area contributed by atoms with Crippen LogP contribution in [-0.4, -0.2) is 28.8 Å². The highest BCUT2D eigenvalue weighted by Crippen LogP contribution is 2.05. The molecule has 0 aliphatic carbocycles. The molecular formula is C12H18N2O. The molecule has 3 heteroatoms. The Bertz CT molecular complexity index is 311. The third-order valence-corrected chi connectivity index (χ3v) is 2.61. The maximum atomic E-state index is 11.5. The van der Waals surface area contributed by atoms with E-state index in [1.807, 2.05) is 44.0 Å². The standard InChI is InChI=1S/C12H18N2O/c1-4-12(15)10(2)14(3)9-11-7-5-6-8-13-11/h5-8,10H,4,9H2,1-3H3. The van der Waals surface area contributed by atoms with Gasteiger partial charge >= 0.3 is 0 Å². The van der Waals surface area contributed by atoms with Crippen molar-refractivity contribution in [2.24, 2.45) is 0 Å². The Labute approximate surface area is 91.1 Å². The number of ketones is 1. The SMILES string of the molecule is CCC(=O)C(C)N(C)Cc1ccccn1. The molecular weight excluding hydrogens is 188 g/mol. The highest BCUT2D eigenvalue weighted by atomic mass is 16.1. The zero-order valence-electron chi connectivity index (χ0n) is 9.60. The molecule has 1 rings (SSSR count). The number of hydrogen-bond donors (Lipinski definition) is 0. The molecule has 0 saturated heterocycles. The molecule has 1 heterocycles. The molecule has 0 spiro atoms. The van der Waals surface area contributed by atoms with Gasteiger partial charge in [0.1, 0.15) is 5.78 Å². The lowest BCUT2D eigenvalue weighted by Crippen LogP contribution is -2.35. The molecule has 0 N–H and O–H groups in total. The zero-order chi connectivity index (χ0) is 11.3. The molecule has 0 amide bonds. The maximum absolute atomic E-state index is 11.5. The van der Waals surface area contributed by atoms with Crippen molar-refractivity contribution in [2.75, 3.05) is 7.05 Å². The van der Waals surface area contributed by atoms with E-state index in [9.17, 15) is 4.79 Å². The van der Waals surface area contributed by atoms with E-state index in [0.29, 0.717) is 13.0 Å². The molecule has 1 aromatic heterocycles. The Balaban J connectivity index is 2.56. The Kier molecular flexibility index (Phi) is 4.43. The monoisotopic (exact) mass is 206 g/mol. The quantitative estimate of drug-likeness (QED) is 0.737. The Hall–Kier alpha value is -1.22. The van der Waals surface area contributed by atoms with Gasteiger partial charge in [-0.2, -0.15) is 0 Å². The van der Waals surface area contributed by atoms with Crippen molar-refractivity contribution in [3.8, 4) is 0 Å². The average molecular weight is 206 g/mol. The fourth-order valence-corrected chi connectivity index (χ4v) is 1.43. The smallest absolute Gasteiger partial charge is 0.149 e. The van der Waals surface area contributed by atoms with E-state index in [1.165, 1.54) is 0 Å². The molecule has 1 unspecified atom stereocenters. The van der Waals surface area contributed by atoms with E-state index in [0.717, 1.165) is 5.69 Å². The molecule has 1 atom stereocenters. The van der Waals surface area contributed by atoms with E-state index in [1.54, 1.807) is 6.20 Å². The van der Waals surface area contributed by atoms with Gasteiger partial charge in [0.2, 0.25) is 0 Å². The van der Waals surface area contributed by atoms with E-state index < -0.39 is 0 Å². The molecule has 0 radical (unpaired) electrons. The first kappa shape index (κ1) is 11.9. The molecule has 1 aromatic rings. The van der Waals surface area contributed by atoms with Crippen LogP contribution in [0.1, 0.15) is 26.0 Å². The fraction of sp³-hybridized carbons (Fsp3) is 0.500. The molecule has 0 aliphatic rings. The van der Waals surface area contributed by atoms with Crippen LogP contribution in [0.15, 0.2) is 24.4 Å². The molecule has 82 valence electrons. The number of Topliss-reactive ketones (excluding diaryl/α,β-unsaturated/α-hetero) is 1. The minimum atomic E-state index is -0.0305. The van der Waals surface area contributed by atoms with Crippen LogP contribution in [0, 0.1) is 0 Å². The van der Waals surface area contributed by atoms with Crippen LogP contribution in [0.25, 0.3) is 0 Å². The summed E-state index contributed by atoms with van der Waals surface area (Å²) in [4.78, 5) is 17.7. The van der Waals surface area contributed by atoms with Crippen molar-refractivity contribution in [1.29, 1.82) is 0 Å². The summed E-state index contributed by atoms with van der Waals surface area (Å²) in [5.74, 6) is 0.272. The van der Waals surface area contributed by atoms with Crippen LogP contribution < -0.4 is 0 Å². The van der Waals surface area contributed by atoms with E-state index in [-0.39, 0.29) is 11.8 Å². The van der Waals surface area contributed by atoms with Gasteiger partial charge < -0.3 is 0 Å². The first-order chi connectivity index (χ1) is 7.15. The molecule has 0 saturated carbocycles. The lowest BCUT2D eigenvalue weighted by atomic mass is 10.1. The van der Waals surface area contributed by atoms with Gasteiger partial charge in [0, 0.05) is 19.2 Å². The van der Waals surface area contributed by atoms with Gasteiger partial charge in [-0.05, 0) is 26.1 Å². The largest absolute Gasteiger partial charge is 0.298 e. The predicted octanol–water partition coefficient (Wildman–Crippen LogP) is 1.88. The van der Waals surface area contributed by atoms with Gasteiger partial charge in [-0.1, -0.05) is 13.0 Å². The van der Waals surface area contributed by atoms with E-state index in [4.69, 9.17) is 0 Å². The van der Waals surface area contributed by atoms with Crippen LogP contribution in [0.2, 0.25) is 0 Å². The van der Waals surface area contributed by atoms with Crippen LogP contribution in [0.3, 0.4) is 0 Å². The van der Waals surface area contributed by atoms with Gasteiger partial charge in [0.25, 0.3) is 0 Å². The number of carbonyl (C=O) groups is 1. The second-order valence-electron chi connectivity index (χ2n) is 3.73. The van der Waals surface area contributed by atoms with Gasteiger partial charge in [0.05, 0.1) is 11.7 Å². The third-order valence-electron chi connectivity index (χ3n) is 2.61. The van der Waals surface area contributed by atoms with Gasteiger partial charge in [-0.3, -0.25) is 14.7 Å². The highest BCUT2D eigenvalue weighted by molar-refractivity contribution is 5.83. The van der Waals surface area contributed by atoms with Crippen molar-refractivity contribution in [2.45, 2.75) is 32.9 Å². The topological polar surface area (TPSA) is 33.2 Å². The molecule has 3 nitrogen and oxygen atoms in total. The van der Waals surface area contributed by atoms with Crippen molar-refractivity contribution >= 4 is 5.78 Å². The molecule has 0 fully saturated rings. The van der Waals surface area contributed by atoms with Crippen LogP contribution in [0.5, 0.6) is 0 Å². The van der Waals surface area contributed by atoms with Crippen molar-refractivity contribution in [3.05, 3.63) is 30.1 Å². The van der Waals surface area contributed by atoms with Gasteiger partial charge in [-0.15, -0.1) is 0 Å². The fourth-order valence-electron chi connectivity index (χ4n) is 1.43. The van der Waals surface area contributed by atoms with Crippen molar-refractivity contribution < 1.29 is 4.79 Å². The maximum Gasteiger partial charge on any atom is 0.149 e. The summed E-state index contributed by atoms with van der Waals surface area (Å²) >= 11 is 0. The third kappa shape index (κ3) is 3.44. The Morgan fingerprint density at radius 2 is 2.27 bits per heavy atom. The first-order valence-electron chi connectivity index (χ1n) is 5.28. The van der Waals surface area contributed by atoms with E-state index >= 15 is 0 Å². The summed E-state index contributed by atoms with van der Waals surface area (Å²) in [5.41, 5.74) is 0.996. The summed E-state index contributed by atoms with van der Waals surface area (Å²) < 4.78 is 0. The van der Waals surface area contributed by atoms with Crippen LogP contribution in [-0.2, 0) is 11.3 Å². The minimum absolute atomic E-state index is 0.0305. The second-order valence-corrected chi connectivity index (χ2v) is 3.73. The number of nitrogens with zero attached hydrogens (tertiary/aromatic N) is 2. The molecule has 0 aromatic carbocycles. The normalized spacial score (nSPS) is 12.8. The summed E-state index contributed by atoms with van der Waals surface area (Å²) in [5, 5.41) is 0. The summed E-state index contributed by atoms with van der Waals surface area (Å²) in [6, 6.07) is 5.80. The minimum Gasteiger partial charge on any atom is -0.298 e. The molecule has 0 aliphatic heterocycles. The van der Waals surface area contributed by atoms with E-state index in [2.05, 4.69) is 4.98 Å². The highest BCUT2D eigenvalue weighted by Gasteiger charge is 2.16. The summed E-state index contributed by atoms with van der Waals surface area (Å²) in [6.07, 6.45) is 2.36. The first-order valence-corrected chi connectivity index (χ1v) is 5.28.